The number of rotatable bonds is 8. The third kappa shape index (κ3) is 6.46. The van der Waals surface area contributed by atoms with Crippen LogP contribution in [0.1, 0.15) is 29.3 Å². The van der Waals surface area contributed by atoms with Crippen molar-refractivity contribution in [3.8, 4) is 11.5 Å². The van der Waals surface area contributed by atoms with E-state index in [9.17, 15) is 0 Å². The average molecular weight is 406 g/mol. The van der Waals surface area contributed by atoms with Gasteiger partial charge in [-0.25, -0.2) is 9.98 Å². The molecule has 0 bridgehead atoms. The molecule has 3 rings (SSSR count). The Labute approximate surface area is 179 Å². The van der Waals surface area contributed by atoms with Crippen LogP contribution in [0.5, 0.6) is 0 Å². The monoisotopic (exact) mass is 405 g/mol. The zero-order chi connectivity index (χ0) is 21.3. The lowest BCUT2D eigenvalue weighted by molar-refractivity contribution is 0.402. The Morgan fingerprint density at radius 1 is 1.00 bits per heavy atom. The fourth-order valence-corrected chi connectivity index (χ4v) is 3.02. The molecule has 0 amide bonds. The number of hydrogen-bond acceptors (Lipinski definition) is 4. The Morgan fingerprint density at radius 3 is 2.37 bits per heavy atom. The van der Waals surface area contributed by atoms with Crippen LogP contribution in [0.25, 0.3) is 11.5 Å². The molecule has 6 nitrogen and oxygen atoms in total. The van der Waals surface area contributed by atoms with E-state index >= 15 is 0 Å². The maximum atomic E-state index is 5.64. The normalized spacial score (nSPS) is 11.7. The largest absolute Gasteiger partial charge is 0.444 e. The van der Waals surface area contributed by atoms with Crippen LogP contribution in [-0.4, -0.2) is 36.5 Å². The summed E-state index contributed by atoms with van der Waals surface area (Å²) in [6.45, 7) is 7.01. The zero-order valence-electron chi connectivity index (χ0n) is 18.3. The Balaban J connectivity index is 1.58. The van der Waals surface area contributed by atoms with E-state index in [2.05, 4.69) is 89.9 Å². The highest BCUT2D eigenvalue weighted by Gasteiger charge is 2.07. The van der Waals surface area contributed by atoms with E-state index in [1.807, 2.05) is 12.1 Å². The van der Waals surface area contributed by atoms with Crippen molar-refractivity contribution in [2.75, 3.05) is 20.6 Å². The summed E-state index contributed by atoms with van der Waals surface area (Å²) >= 11 is 0. The predicted octanol–water partition coefficient (Wildman–Crippen LogP) is 3.97. The molecule has 0 unspecified atom stereocenters. The number of aryl methyl sites for hydroxylation is 1. The molecule has 3 aromatic rings. The van der Waals surface area contributed by atoms with Gasteiger partial charge in [-0.15, -0.1) is 0 Å². The summed E-state index contributed by atoms with van der Waals surface area (Å²) in [6, 6.07) is 16.7. The van der Waals surface area contributed by atoms with Gasteiger partial charge < -0.3 is 20.0 Å². The predicted molar refractivity (Wildman–Crippen MR) is 122 cm³/mol. The minimum absolute atomic E-state index is 0.545. The van der Waals surface area contributed by atoms with Crippen LogP contribution >= 0.6 is 0 Å². The Bertz CT molecular complexity index is 942. The second-order valence-corrected chi connectivity index (χ2v) is 7.61. The van der Waals surface area contributed by atoms with Crippen LogP contribution in [0.4, 0.5) is 0 Å². The molecule has 0 radical (unpaired) electrons. The molecular formula is C24H31N5O. The molecule has 0 aliphatic carbocycles. The van der Waals surface area contributed by atoms with Crippen molar-refractivity contribution in [2.45, 2.75) is 33.5 Å². The number of aromatic nitrogens is 1. The van der Waals surface area contributed by atoms with Gasteiger partial charge in [-0.05, 0) is 51.2 Å². The molecule has 1 heterocycles. The summed E-state index contributed by atoms with van der Waals surface area (Å²) in [4.78, 5) is 11.4. The Hall–Kier alpha value is -3.12. The van der Waals surface area contributed by atoms with Gasteiger partial charge in [-0.3, -0.25) is 0 Å². The number of nitrogens with one attached hydrogen (secondary N) is 2. The summed E-state index contributed by atoms with van der Waals surface area (Å²) in [6.07, 6.45) is 1.69. The SMILES string of the molecule is CCNC(=NCc1ccc(CN(C)C)cc1)NCc1coc(-c2ccc(C)cc2)n1. The lowest BCUT2D eigenvalue weighted by Gasteiger charge is -2.11. The lowest BCUT2D eigenvalue weighted by Crippen LogP contribution is -2.36. The lowest BCUT2D eigenvalue weighted by atomic mass is 10.1. The molecule has 0 atom stereocenters. The van der Waals surface area contributed by atoms with Crippen molar-refractivity contribution in [2.24, 2.45) is 4.99 Å². The van der Waals surface area contributed by atoms with Crippen molar-refractivity contribution >= 4 is 5.96 Å². The van der Waals surface area contributed by atoms with E-state index < -0.39 is 0 Å². The van der Waals surface area contributed by atoms with Crippen LogP contribution in [0.3, 0.4) is 0 Å². The van der Waals surface area contributed by atoms with Gasteiger partial charge >= 0.3 is 0 Å². The first-order valence-corrected chi connectivity index (χ1v) is 10.3. The van der Waals surface area contributed by atoms with E-state index in [1.165, 1.54) is 16.7 Å². The van der Waals surface area contributed by atoms with Crippen molar-refractivity contribution in [1.82, 2.24) is 20.5 Å². The number of aliphatic imine (C=N–C) groups is 1. The first-order chi connectivity index (χ1) is 14.5. The Kier molecular flexibility index (Phi) is 7.63. The molecular weight excluding hydrogens is 374 g/mol. The van der Waals surface area contributed by atoms with E-state index in [0.29, 0.717) is 19.0 Å². The minimum atomic E-state index is 0.545. The van der Waals surface area contributed by atoms with Gasteiger partial charge in [0.2, 0.25) is 5.89 Å². The topological polar surface area (TPSA) is 65.7 Å². The highest BCUT2D eigenvalue weighted by Crippen LogP contribution is 2.19. The minimum Gasteiger partial charge on any atom is -0.444 e. The maximum absolute atomic E-state index is 5.64. The Morgan fingerprint density at radius 2 is 1.70 bits per heavy atom. The fourth-order valence-electron chi connectivity index (χ4n) is 3.02. The highest BCUT2D eigenvalue weighted by molar-refractivity contribution is 5.79. The van der Waals surface area contributed by atoms with Gasteiger partial charge in [0, 0.05) is 18.7 Å². The molecule has 6 heteroatoms. The molecule has 0 aliphatic rings. The highest BCUT2D eigenvalue weighted by atomic mass is 16.3. The van der Waals surface area contributed by atoms with Gasteiger partial charge in [0.1, 0.15) is 6.26 Å². The van der Waals surface area contributed by atoms with Crippen LogP contribution in [0.15, 0.2) is 64.2 Å². The first kappa shape index (κ1) is 21.6. The van der Waals surface area contributed by atoms with E-state index in [-0.39, 0.29) is 0 Å². The van der Waals surface area contributed by atoms with Crippen molar-refractivity contribution < 1.29 is 4.42 Å². The van der Waals surface area contributed by atoms with E-state index in [1.54, 1.807) is 6.26 Å². The molecule has 30 heavy (non-hydrogen) atoms. The van der Waals surface area contributed by atoms with E-state index in [0.717, 1.165) is 30.3 Å². The van der Waals surface area contributed by atoms with Crippen LogP contribution in [0, 0.1) is 6.92 Å². The standard InChI is InChI=1S/C24H31N5O/c1-5-25-24(26-14-19-8-10-20(11-9-19)16-29(3)4)27-15-22-17-30-23(28-22)21-12-6-18(2)7-13-21/h6-13,17H,5,14-16H2,1-4H3,(H2,25,26,27). The summed E-state index contributed by atoms with van der Waals surface area (Å²) in [5, 5.41) is 6.61. The molecule has 2 aromatic carbocycles. The van der Waals surface area contributed by atoms with Gasteiger partial charge in [-0.1, -0.05) is 42.0 Å². The van der Waals surface area contributed by atoms with Gasteiger partial charge in [-0.2, -0.15) is 0 Å². The summed E-state index contributed by atoms with van der Waals surface area (Å²) < 4.78 is 5.64. The van der Waals surface area contributed by atoms with E-state index in [4.69, 9.17) is 4.42 Å². The molecule has 0 saturated carbocycles. The zero-order valence-corrected chi connectivity index (χ0v) is 18.3. The number of guanidine groups is 1. The summed E-state index contributed by atoms with van der Waals surface area (Å²) in [5.41, 5.74) is 5.51. The third-order valence-electron chi connectivity index (χ3n) is 4.57. The molecule has 0 saturated heterocycles. The third-order valence-corrected chi connectivity index (χ3v) is 4.57. The van der Waals surface area contributed by atoms with Crippen molar-refractivity contribution in [3.05, 3.63) is 77.2 Å². The molecule has 0 fully saturated rings. The van der Waals surface area contributed by atoms with Gasteiger partial charge in [0.15, 0.2) is 5.96 Å². The molecule has 0 spiro atoms. The fraction of sp³-hybridized carbons (Fsp3) is 0.333. The van der Waals surface area contributed by atoms with Crippen molar-refractivity contribution in [3.63, 3.8) is 0 Å². The molecule has 2 N–H and O–H groups in total. The van der Waals surface area contributed by atoms with Crippen LogP contribution in [0.2, 0.25) is 0 Å². The van der Waals surface area contributed by atoms with Gasteiger partial charge in [0.25, 0.3) is 0 Å². The van der Waals surface area contributed by atoms with Gasteiger partial charge in [0.05, 0.1) is 18.8 Å². The smallest absolute Gasteiger partial charge is 0.226 e. The quantitative estimate of drug-likeness (QED) is 0.439. The first-order valence-electron chi connectivity index (χ1n) is 10.3. The maximum Gasteiger partial charge on any atom is 0.226 e. The van der Waals surface area contributed by atoms with Crippen molar-refractivity contribution in [1.29, 1.82) is 0 Å². The second kappa shape index (κ2) is 10.6. The number of oxazole rings is 1. The summed E-state index contributed by atoms with van der Waals surface area (Å²) in [5.74, 6) is 1.39. The molecule has 1 aromatic heterocycles. The number of hydrogen-bond donors (Lipinski definition) is 2. The molecule has 158 valence electrons. The number of benzene rings is 2. The van der Waals surface area contributed by atoms with Crippen LogP contribution in [-0.2, 0) is 19.6 Å². The summed E-state index contributed by atoms with van der Waals surface area (Å²) in [7, 11) is 4.15. The average Bonchev–Trinajstić information content (AvgIpc) is 3.20. The second-order valence-electron chi connectivity index (χ2n) is 7.61. The van der Waals surface area contributed by atoms with Crippen LogP contribution < -0.4 is 10.6 Å². The number of nitrogens with zero attached hydrogens (tertiary/aromatic N) is 3. The molecule has 0 aliphatic heterocycles.